The number of piperazine rings is 1. The Labute approximate surface area is 206 Å². The smallest absolute Gasteiger partial charge is 0.286 e. The Bertz CT molecular complexity index is 1140. The van der Waals surface area contributed by atoms with E-state index in [9.17, 15) is 4.79 Å². The molecule has 0 spiro atoms. The van der Waals surface area contributed by atoms with Gasteiger partial charge in [0.15, 0.2) is 5.17 Å². The molecule has 1 fully saturated rings. The number of amidine groups is 1. The number of thioether (sulfide) groups is 1. The number of rotatable bonds is 5. The molecule has 5 heteroatoms. The van der Waals surface area contributed by atoms with E-state index >= 15 is 0 Å². The van der Waals surface area contributed by atoms with Gasteiger partial charge in [0, 0.05) is 26.2 Å². The molecule has 34 heavy (non-hydrogen) atoms. The zero-order chi connectivity index (χ0) is 23.3. The Morgan fingerprint density at radius 1 is 0.853 bits per heavy atom. The van der Waals surface area contributed by atoms with Crippen LogP contribution in [0.2, 0.25) is 0 Å². The van der Waals surface area contributed by atoms with E-state index in [4.69, 9.17) is 0 Å². The summed E-state index contributed by atoms with van der Waals surface area (Å²) < 4.78 is 0. The Morgan fingerprint density at radius 2 is 1.44 bits per heavy atom. The largest absolute Gasteiger partial charge is 0.348 e. The fraction of sp³-hybridized carbons (Fsp3) is 0.241. The summed E-state index contributed by atoms with van der Waals surface area (Å²) in [6, 6.07) is 30.0. The minimum absolute atomic E-state index is 0.131. The first-order valence-corrected chi connectivity index (χ1v) is 12.7. The predicted molar refractivity (Wildman–Crippen MR) is 142 cm³/mol. The normalized spacial score (nSPS) is 18.1. The van der Waals surface area contributed by atoms with Crippen molar-refractivity contribution in [3.05, 3.63) is 112 Å². The van der Waals surface area contributed by atoms with Gasteiger partial charge in [-0.2, -0.15) is 4.99 Å². The molecule has 0 saturated carbocycles. The van der Waals surface area contributed by atoms with Crippen molar-refractivity contribution in [2.24, 2.45) is 4.99 Å². The maximum atomic E-state index is 12.6. The molecule has 2 aliphatic heterocycles. The van der Waals surface area contributed by atoms with Crippen molar-refractivity contribution < 1.29 is 4.79 Å². The third-order valence-electron chi connectivity index (χ3n) is 6.48. The zero-order valence-electron chi connectivity index (χ0n) is 19.4. The van der Waals surface area contributed by atoms with Crippen molar-refractivity contribution in [2.45, 2.75) is 19.4 Å². The number of hydrogen-bond acceptors (Lipinski definition) is 4. The molecule has 4 nitrogen and oxygen atoms in total. The molecule has 2 aliphatic rings. The molecular formula is C29H29N3OS. The van der Waals surface area contributed by atoms with Gasteiger partial charge < -0.3 is 4.90 Å². The summed E-state index contributed by atoms with van der Waals surface area (Å²) in [5, 5.41) is 0.831. The van der Waals surface area contributed by atoms with Crippen LogP contribution in [0.4, 0.5) is 0 Å². The second-order valence-electron chi connectivity index (χ2n) is 8.65. The highest BCUT2D eigenvalue weighted by Gasteiger charge is 2.31. The lowest BCUT2D eigenvalue weighted by Gasteiger charge is -2.40. The highest BCUT2D eigenvalue weighted by Crippen LogP contribution is 2.33. The molecule has 1 amide bonds. The maximum Gasteiger partial charge on any atom is 0.286 e. The van der Waals surface area contributed by atoms with Crippen LogP contribution < -0.4 is 0 Å². The Hall–Kier alpha value is -3.15. The molecule has 0 aliphatic carbocycles. The summed E-state index contributed by atoms with van der Waals surface area (Å²) >= 11 is 1.50. The summed E-state index contributed by atoms with van der Waals surface area (Å²) in [5.41, 5.74) is 4.96. The van der Waals surface area contributed by atoms with Crippen LogP contribution in [0.5, 0.6) is 0 Å². The second kappa shape index (κ2) is 10.4. The summed E-state index contributed by atoms with van der Waals surface area (Å²) in [7, 11) is 0. The van der Waals surface area contributed by atoms with E-state index in [1.807, 2.05) is 6.08 Å². The van der Waals surface area contributed by atoms with Gasteiger partial charge in [-0.1, -0.05) is 91.9 Å². The fourth-order valence-corrected chi connectivity index (χ4v) is 5.56. The highest BCUT2D eigenvalue weighted by atomic mass is 32.2. The van der Waals surface area contributed by atoms with Crippen molar-refractivity contribution >= 4 is 28.9 Å². The van der Waals surface area contributed by atoms with Gasteiger partial charge in [0.05, 0.1) is 10.9 Å². The summed E-state index contributed by atoms with van der Waals surface area (Å²) in [6.45, 7) is 5.69. The van der Waals surface area contributed by atoms with E-state index in [0.29, 0.717) is 4.91 Å². The number of aliphatic imine (C=N–C) groups is 1. The van der Waals surface area contributed by atoms with Crippen LogP contribution in [0.1, 0.15) is 35.2 Å². The number of amides is 1. The Kier molecular flexibility index (Phi) is 6.93. The van der Waals surface area contributed by atoms with Crippen molar-refractivity contribution in [1.29, 1.82) is 0 Å². The maximum absolute atomic E-state index is 12.6. The number of hydrogen-bond donors (Lipinski definition) is 0. The van der Waals surface area contributed by atoms with Gasteiger partial charge in [0.1, 0.15) is 0 Å². The number of nitrogens with zero attached hydrogens (tertiary/aromatic N) is 3. The van der Waals surface area contributed by atoms with E-state index in [0.717, 1.165) is 43.3 Å². The van der Waals surface area contributed by atoms with E-state index in [1.165, 1.54) is 28.5 Å². The molecule has 0 N–H and O–H groups in total. The molecule has 2 heterocycles. The van der Waals surface area contributed by atoms with Gasteiger partial charge in [-0.05, 0) is 46.5 Å². The minimum Gasteiger partial charge on any atom is -0.348 e. The van der Waals surface area contributed by atoms with Crippen LogP contribution in [0.3, 0.4) is 0 Å². The lowest BCUT2D eigenvalue weighted by Crippen LogP contribution is -2.49. The first-order chi connectivity index (χ1) is 16.7. The number of carbonyl (C=O) groups excluding carboxylic acids is 1. The van der Waals surface area contributed by atoms with Gasteiger partial charge in [-0.25, -0.2) is 0 Å². The quantitative estimate of drug-likeness (QED) is 0.456. The van der Waals surface area contributed by atoms with E-state index < -0.39 is 0 Å². The third kappa shape index (κ3) is 5.01. The molecule has 0 atom stereocenters. The van der Waals surface area contributed by atoms with Crippen molar-refractivity contribution in [1.82, 2.24) is 9.80 Å². The highest BCUT2D eigenvalue weighted by molar-refractivity contribution is 8.18. The summed E-state index contributed by atoms with van der Waals surface area (Å²) in [4.78, 5) is 22.5. The van der Waals surface area contributed by atoms with E-state index in [1.54, 1.807) is 0 Å². The second-order valence-corrected chi connectivity index (χ2v) is 9.66. The molecule has 0 bridgehead atoms. The van der Waals surface area contributed by atoms with Gasteiger partial charge in [-0.3, -0.25) is 9.69 Å². The molecule has 0 unspecified atom stereocenters. The number of carbonyl (C=O) groups is 1. The fourth-order valence-electron chi connectivity index (χ4n) is 4.59. The van der Waals surface area contributed by atoms with Crippen LogP contribution in [-0.2, 0) is 11.2 Å². The van der Waals surface area contributed by atoms with Crippen LogP contribution in [-0.4, -0.2) is 47.1 Å². The monoisotopic (exact) mass is 467 g/mol. The SMILES string of the molecule is CCc1ccc(C=C2SC(N3CCN(C(c4ccccc4)c4ccccc4)CC3)=NC2=O)cc1. The van der Waals surface area contributed by atoms with E-state index in [2.05, 4.69) is 107 Å². The Morgan fingerprint density at radius 3 is 2.00 bits per heavy atom. The van der Waals surface area contributed by atoms with Crippen molar-refractivity contribution in [2.75, 3.05) is 26.2 Å². The standard InChI is InChI=1S/C29H29N3OS/c1-2-22-13-15-23(16-14-22)21-26-28(33)30-29(34-26)32-19-17-31(18-20-32)27(24-9-5-3-6-10-24)25-11-7-4-8-12-25/h3-16,21,27H,2,17-20H2,1H3. The topological polar surface area (TPSA) is 35.9 Å². The molecule has 1 saturated heterocycles. The first kappa shape index (κ1) is 22.6. The van der Waals surface area contributed by atoms with Crippen LogP contribution >= 0.6 is 11.8 Å². The number of aryl methyl sites for hydroxylation is 1. The summed E-state index contributed by atoms with van der Waals surface area (Å²) in [5.74, 6) is -0.131. The molecule has 3 aromatic carbocycles. The average Bonchev–Trinajstić information content (AvgIpc) is 3.26. The van der Waals surface area contributed by atoms with Crippen LogP contribution in [0.25, 0.3) is 6.08 Å². The number of benzene rings is 3. The Balaban J connectivity index is 1.27. The molecule has 0 radical (unpaired) electrons. The molecule has 0 aromatic heterocycles. The molecule has 172 valence electrons. The predicted octanol–water partition coefficient (Wildman–Crippen LogP) is 5.63. The third-order valence-corrected chi connectivity index (χ3v) is 7.52. The molecular weight excluding hydrogens is 438 g/mol. The lowest BCUT2D eigenvalue weighted by molar-refractivity contribution is -0.113. The molecule has 3 aromatic rings. The van der Waals surface area contributed by atoms with Crippen LogP contribution in [0.15, 0.2) is 94.8 Å². The first-order valence-electron chi connectivity index (χ1n) is 11.9. The van der Waals surface area contributed by atoms with Gasteiger partial charge in [0.2, 0.25) is 0 Å². The van der Waals surface area contributed by atoms with E-state index in [-0.39, 0.29) is 11.9 Å². The molecule has 5 rings (SSSR count). The summed E-state index contributed by atoms with van der Waals surface area (Å²) in [6.07, 6.45) is 2.97. The van der Waals surface area contributed by atoms with Crippen LogP contribution in [0, 0.1) is 0 Å². The minimum atomic E-state index is -0.131. The van der Waals surface area contributed by atoms with Gasteiger partial charge in [-0.15, -0.1) is 0 Å². The van der Waals surface area contributed by atoms with Crippen molar-refractivity contribution in [3.8, 4) is 0 Å². The van der Waals surface area contributed by atoms with Gasteiger partial charge in [0.25, 0.3) is 5.91 Å². The van der Waals surface area contributed by atoms with Crippen molar-refractivity contribution in [3.63, 3.8) is 0 Å². The average molecular weight is 468 g/mol. The van der Waals surface area contributed by atoms with Gasteiger partial charge >= 0.3 is 0 Å². The lowest BCUT2D eigenvalue weighted by atomic mass is 9.96. The zero-order valence-corrected chi connectivity index (χ0v) is 20.2.